The molecule has 0 saturated carbocycles. The maximum absolute atomic E-state index is 12.3. The van der Waals surface area contributed by atoms with Gasteiger partial charge >= 0.3 is 6.03 Å². The number of ether oxygens (including phenoxy) is 1. The van der Waals surface area contributed by atoms with E-state index in [2.05, 4.69) is 5.32 Å². The van der Waals surface area contributed by atoms with Crippen LogP contribution in [0.4, 0.5) is 10.5 Å². The van der Waals surface area contributed by atoms with E-state index < -0.39 is 0 Å². The van der Waals surface area contributed by atoms with Crippen LogP contribution in [0.15, 0.2) is 24.3 Å². The minimum atomic E-state index is -0.0646. The quantitative estimate of drug-likeness (QED) is 0.923. The fourth-order valence-electron chi connectivity index (χ4n) is 3.22. The number of rotatable bonds is 3. The molecule has 0 aromatic heterocycles. The lowest BCUT2D eigenvalue weighted by Crippen LogP contribution is -2.51. The topological polar surface area (TPSA) is 61.9 Å². The highest BCUT2D eigenvalue weighted by molar-refractivity contribution is 5.94. The van der Waals surface area contributed by atoms with Gasteiger partial charge in [0.15, 0.2) is 0 Å². The Hall–Kier alpha value is -2.08. The van der Waals surface area contributed by atoms with Gasteiger partial charge in [-0.2, -0.15) is 0 Å². The Morgan fingerprint density at radius 2 is 2.21 bits per heavy atom. The van der Waals surface area contributed by atoms with Crippen molar-refractivity contribution in [1.82, 2.24) is 10.2 Å². The second-order valence-electron chi connectivity index (χ2n) is 6.45. The molecule has 0 bridgehead atoms. The summed E-state index contributed by atoms with van der Waals surface area (Å²) in [6, 6.07) is 7.89. The summed E-state index contributed by atoms with van der Waals surface area (Å²) in [6.45, 7) is 5.01. The van der Waals surface area contributed by atoms with Crippen LogP contribution >= 0.6 is 0 Å². The van der Waals surface area contributed by atoms with Crippen LogP contribution in [0.5, 0.6) is 0 Å². The fraction of sp³-hybridized carbons (Fsp3) is 0.556. The molecule has 24 heavy (non-hydrogen) atoms. The fourth-order valence-corrected chi connectivity index (χ4v) is 3.22. The second-order valence-corrected chi connectivity index (χ2v) is 6.45. The monoisotopic (exact) mass is 331 g/mol. The molecule has 2 heterocycles. The Morgan fingerprint density at radius 3 is 3.00 bits per heavy atom. The number of hydrogen-bond acceptors (Lipinski definition) is 3. The molecule has 0 spiro atoms. The van der Waals surface area contributed by atoms with Crippen LogP contribution in [0.3, 0.4) is 0 Å². The third-order valence-corrected chi connectivity index (χ3v) is 4.62. The van der Waals surface area contributed by atoms with Gasteiger partial charge in [-0.1, -0.05) is 12.1 Å². The Morgan fingerprint density at radius 1 is 1.33 bits per heavy atom. The second kappa shape index (κ2) is 7.66. The number of anilines is 1. The first-order valence-corrected chi connectivity index (χ1v) is 8.66. The van der Waals surface area contributed by atoms with E-state index in [0.29, 0.717) is 32.7 Å². The van der Waals surface area contributed by atoms with Crippen LogP contribution in [0.2, 0.25) is 0 Å². The standard InChI is InChI=1S/C18H25N3O3/c1-14-13-24-10-9-20(14)18(23)19-12-15-5-4-6-16(11-15)21-8-3-2-7-17(21)22/h4-6,11,14H,2-3,7-10,12-13H2,1H3,(H,19,23). The molecule has 3 rings (SSSR count). The van der Waals surface area contributed by atoms with Crippen LogP contribution in [-0.4, -0.2) is 49.2 Å². The molecular formula is C18H25N3O3. The summed E-state index contributed by atoms with van der Waals surface area (Å²) in [5.74, 6) is 0.185. The molecule has 130 valence electrons. The summed E-state index contributed by atoms with van der Waals surface area (Å²) in [5.41, 5.74) is 1.92. The highest BCUT2D eigenvalue weighted by Gasteiger charge is 2.23. The van der Waals surface area contributed by atoms with E-state index in [1.165, 1.54) is 0 Å². The molecule has 2 saturated heterocycles. The number of hydrogen-bond donors (Lipinski definition) is 1. The smallest absolute Gasteiger partial charge is 0.318 e. The number of piperidine rings is 1. The van der Waals surface area contributed by atoms with E-state index in [0.717, 1.165) is 30.6 Å². The zero-order valence-electron chi connectivity index (χ0n) is 14.2. The molecule has 1 atom stereocenters. The maximum atomic E-state index is 12.3. The number of nitrogens with one attached hydrogen (secondary N) is 1. The van der Waals surface area contributed by atoms with Crippen molar-refractivity contribution in [3.8, 4) is 0 Å². The lowest BCUT2D eigenvalue weighted by atomic mass is 10.1. The van der Waals surface area contributed by atoms with E-state index in [-0.39, 0.29) is 18.0 Å². The first kappa shape index (κ1) is 16.8. The number of benzene rings is 1. The molecule has 2 aliphatic heterocycles. The van der Waals surface area contributed by atoms with Gasteiger partial charge in [0.2, 0.25) is 5.91 Å². The van der Waals surface area contributed by atoms with Gasteiger partial charge in [-0.25, -0.2) is 4.79 Å². The van der Waals surface area contributed by atoms with E-state index in [1.807, 2.05) is 41.0 Å². The zero-order valence-corrected chi connectivity index (χ0v) is 14.2. The van der Waals surface area contributed by atoms with Crippen LogP contribution in [-0.2, 0) is 16.1 Å². The predicted molar refractivity (Wildman–Crippen MR) is 91.9 cm³/mol. The van der Waals surface area contributed by atoms with Gasteiger partial charge in [-0.15, -0.1) is 0 Å². The van der Waals surface area contributed by atoms with Gasteiger partial charge in [0.25, 0.3) is 0 Å². The summed E-state index contributed by atoms with van der Waals surface area (Å²) in [5, 5.41) is 2.97. The summed E-state index contributed by atoms with van der Waals surface area (Å²) in [6.07, 6.45) is 2.64. The van der Waals surface area contributed by atoms with Gasteiger partial charge in [-0.3, -0.25) is 4.79 Å². The average Bonchev–Trinajstić information content (AvgIpc) is 2.61. The highest BCUT2D eigenvalue weighted by atomic mass is 16.5. The van der Waals surface area contributed by atoms with Gasteiger partial charge in [0, 0.05) is 31.7 Å². The van der Waals surface area contributed by atoms with Gasteiger partial charge in [0.1, 0.15) is 0 Å². The lowest BCUT2D eigenvalue weighted by molar-refractivity contribution is -0.119. The van der Waals surface area contributed by atoms with Crippen molar-refractivity contribution < 1.29 is 14.3 Å². The summed E-state index contributed by atoms with van der Waals surface area (Å²) >= 11 is 0. The maximum Gasteiger partial charge on any atom is 0.318 e. The molecule has 1 N–H and O–H groups in total. The van der Waals surface area contributed by atoms with E-state index in [1.54, 1.807) is 0 Å². The molecule has 2 aliphatic rings. The SMILES string of the molecule is CC1COCCN1C(=O)NCc1cccc(N2CCCCC2=O)c1. The molecule has 0 aliphatic carbocycles. The first-order valence-electron chi connectivity index (χ1n) is 8.66. The first-order chi connectivity index (χ1) is 11.6. The van der Waals surface area contributed by atoms with Crippen molar-refractivity contribution in [3.05, 3.63) is 29.8 Å². The number of amides is 3. The average molecular weight is 331 g/mol. The molecule has 6 nitrogen and oxygen atoms in total. The van der Waals surface area contributed by atoms with Crippen molar-refractivity contribution in [1.29, 1.82) is 0 Å². The summed E-state index contributed by atoms with van der Waals surface area (Å²) in [7, 11) is 0. The van der Waals surface area contributed by atoms with Crippen molar-refractivity contribution in [2.24, 2.45) is 0 Å². The Kier molecular flexibility index (Phi) is 5.35. The minimum absolute atomic E-state index is 0.0646. The predicted octanol–water partition coefficient (Wildman–Crippen LogP) is 2.13. The van der Waals surface area contributed by atoms with Crippen molar-refractivity contribution >= 4 is 17.6 Å². The molecule has 3 amide bonds. The molecular weight excluding hydrogens is 306 g/mol. The number of morpholine rings is 1. The lowest BCUT2D eigenvalue weighted by Gasteiger charge is -2.33. The number of nitrogens with zero attached hydrogens (tertiary/aromatic N) is 2. The molecule has 6 heteroatoms. The van der Waals surface area contributed by atoms with Crippen molar-refractivity contribution in [2.45, 2.75) is 38.8 Å². The van der Waals surface area contributed by atoms with Gasteiger partial charge in [0.05, 0.1) is 19.3 Å². The van der Waals surface area contributed by atoms with Crippen molar-refractivity contribution in [3.63, 3.8) is 0 Å². The van der Waals surface area contributed by atoms with Gasteiger partial charge < -0.3 is 19.9 Å². The summed E-state index contributed by atoms with van der Waals surface area (Å²) < 4.78 is 5.36. The largest absolute Gasteiger partial charge is 0.377 e. The molecule has 0 radical (unpaired) electrons. The Balaban J connectivity index is 1.60. The van der Waals surface area contributed by atoms with Crippen LogP contribution in [0.1, 0.15) is 31.7 Å². The van der Waals surface area contributed by atoms with Crippen LogP contribution < -0.4 is 10.2 Å². The summed E-state index contributed by atoms with van der Waals surface area (Å²) in [4.78, 5) is 28.0. The Labute approximate surface area is 142 Å². The third-order valence-electron chi connectivity index (χ3n) is 4.62. The Bertz CT molecular complexity index is 605. The zero-order chi connectivity index (χ0) is 16.9. The number of carbonyl (C=O) groups is 2. The normalized spacial score (nSPS) is 21.7. The molecule has 1 unspecified atom stereocenters. The highest BCUT2D eigenvalue weighted by Crippen LogP contribution is 2.22. The third kappa shape index (κ3) is 3.87. The molecule has 2 fully saturated rings. The number of carbonyl (C=O) groups excluding carboxylic acids is 2. The van der Waals surface area contributed by atoms with Crippen molar-refractivity contribution in [2.75, 3.05) is 31.2 Å². The van der Waals surface area contributed by atoms with E-state index >= 15 is 0 Å². The van der Waals surface area contributed by atoms with Gasteiger partial charge in [-0.05, 0) is 37.5 Å². The molecule has 1 aromatic rings. The minimum Gasteiger partial charge on any atom is -0.377 e. The van der Waals surface area contributed by atoms with E-state index in [4.69, 9.17) is 4.74 Å². The molecule has 1 aromatic carbocycles. The van der Waals surface area contributed by atoms with Crippen LogP contribution in [0, 0.1) is 0 Å². The van der Waals surface area contributed by atoms with Crippen LogP contribution in [0.25, 0.3) is 0 Å². The van der Waals surface area contributed by atoms with E-state index in [9.17, 15) is 9.59 Å². The number of urea groups is 1.